The Kier molecular flexibility index (Phi) is 16.3. The summed E-state index contributed by atoms with van der Waals surface area (Å²) in [4.78, 5) is 0. The summed E-state index contributed by atoms with van der Waals surface area (Å²) in [7, 11) is 0. The van der Waals surface area contributed by atoms with Gasteiger partial charge in [-0.3, -0.25) is 0 Å². The van der Waals surface area contributed by atoms with Crippen molar-refractivity contribution in [2.75, 3.05) is 37.0 Å². The molecule has 17 heavy (non-hydrogen) atoms. The second-order valence-corrected chi connectivity index (χ2v) is 4.83. The van der Waals surface area contributed by atoms with Crippen LogP contribution in [0.3, 0.4) is 0 Å². The summed E-state index contributed by atoms with van der Waals surface area (Å²) >= 11 is 5.98. The van der Waals surface area contributed by atoms with Crippen molar-refractivity contribution in [2.45, 2.75) is 18.3 Å². The number of aliphatic hydroxyl groups is 4. The van der Waals surface area contributed by atoms with Crippen LogP contribution < -0.4 is 5.32 Å². The molecule has 0 saturated heterocycles. The first-order valence-electron chi connectivity index (χ1n) is 5.13. The van der Waals surface area contributed by atoms with Crippen molar-refractivity contribution >= 4 is 24.4 Å². The van der Waals surface area contributed by atoms with Crippen molar-refractivity contribution in [3.8, 4) is 0 Å². The van der Waals surface area contributed by atoms with Crippen molar-refractivity contribution in [1.82, 2.24) is 5.32 Å². The van der Waals surface area contributed by atoms with Gasteiger partial charge in [0, 0.05) is 44.7 Å². The van der Waals surface area contributed by atoms with E-state index in [0.29, 0.717) is 24.6 Å². The van der Waals surface area contributed by atoms with Crippen LogP contribution in [-0.4, -0.2) is 75.7 Å². The van der Waals surface area contributed by atoms with Gasteiger partial charge in [-0.1, -0.05) is 0 Å². The van der Waals surface area contributed by atoms with E-state index in [2.05, 4.69) is 17.9 Å². The number of nitrogens with one attached hydrogen (secondary N) is 1. The Morgan fingerprint density at radius 2 is 1.76 bits per heavy atom. The molecule has 5 nitrogen and oxygen atoms in total. The fourth-order valence-corrected chi connectivity index (χ4v) is 2.17. The van der Waals surface area contributed by atoms with E-state index in [-0.39, 0.29) is 32.5 Å². The molecule has 0 rings (SSSR count). The molecule has 0 spiro atoms. The van der Waals surface area contributed by atoms with Crippen LogP contribution in [0.25, 0.3) is 0 Å². The zero-order chi connectivity index (χ0) is 12.4. The van der Waals surface area contributed by atoms with E-state index < -0.39 is 18.3 Å². The Balaban J connectivity index is 0. The smallest absolute Gasteiger partial charge is 0.0870 e. The molecule has 0 aliphatic carbocycles. The average molecular weight is 463 g/mol. The van der Waals surface area contributed by atoms with Crippen LogP contribution in [0.15, 0.2) is 0 Å². The van der Waals surface area contributed by atoms with Crippen LogP contribution in [0.5, 0.6) is 0 Å². The monoisotopic (exact) mass is 463 g/mol. The molecule has 0 bridgehead atoms. The van der Waals surface area contributed by atoms with Crippen LogP contribution in [0, 0.1) is 0 Å². The average Bonchev–Trinajstić information content (AvgIpc) is 2.28. The summed E-state index contributed by atoms with van der Waals surface area (Å²) in [5.74, 6) is 0.941. The molecule has 0 heterocycles. The van der Waals surface area contributed by atoms with Gasteiger partial charge in [-0.05, 0) is 0 Å². The fraction of sp³-hybridized carbons (Fsp3) is 1.00. The van der Waals surface area contributed by atoms with E-state index in [0.717, 1.165) is 0 Å². The topological polar surface area (TPSA) is 93.0 Å². The largest absolute Gasteiger partial charge is 0.790 e. The van der Waals surface area contributed by atoms with Gasteiger partial charge in [-0.2, -0.15) is 11.8 Å². The van der Waals surface area contributed by atoms with Crippen LogP contribution in [0.4, 0.5) is 0 Å². The van der Waals surface area contributed by atoms with Crippen LogP contribution in [0.2, 0.25) is 0 Å². The normalized spacial score (nSPS) is 16.1. The molecular weight excluding hydrogens is 442 g/mol. The van der Waals surface area contributed by atoms with Gasteiger partial charge in [-0.15, -0.1) is 5.75 Å². The molecular formula is C9H20IrNO4S2-. The Morgan fingerprint density at radius 3 is 2.29 bits per heavy atom. The number of thioether (sulfide) groups is 1. The maximum atomic E-state index is 9.45. The summed E-state index contributed by atoms with van der Waals surface area (Å²) in [6.45, 7) is 0.913. The SMILES string of the molecule is OCCNCC(O)CSCC(O)C(O)C[S-].[Ir]. The van der Waals surface area contributed by atoms with Gasteiger partial charge >= 0.3 is 0 Å². The van der Waals surface area contributed by atoms with E-state index in [1.807, 2.05) is 0 Å². The Labute approximate surface area is 125 Å². The van der Waals surface area contributed by atoms with Crippen molar-refractivity contribution < 1.29 is 40.5 Å². The maximum Gasteiger partial charge on any atom is 0.0870 e. The first-order valence-corrected chi connectivity index (χ1v) is 6.86. The molecule has 0 aliphatic heterocycles. The van der Waals surface area contributed by atoms with Crippen molar-refractivity contribution in [1.29, 1.82) is 0 Å². The summed E-state index contributed by atoms with van der Waals surface area (Å²) in [6, 6.07) is 0. The molecule has 8 heteroatoms. The molecule has 0 aromatic carbocycles. The second kappa shape index (κ2) is 13.6. The van der Waals surface area contributed by atoms with E-state index in [4.69, 9.17) is 5.11 Å². The molecule has 3 atom stereocenters. The van der Waals surface area contributed by atoms with Gasteiger partial charge in [0.05, 0.1) is 24.9 Å². The van der Waals surface area contributed by atoms with Crippen molar-refractivity contribution in [2.24, 2.45) is 0 Å². The Bertz CT molecular complexity index is 170. The van der Waals surface area contributed by atoms with Gasteiger partial charge in [0.15, 0.2) is 0 Å². The third kappa shape index (κ3) is 11.9. The van der Waals surface area contributed by atoms with E-state index in [9.17, 15) is 15.3 Å². The van der Waals surface area contributed by atoms with Gasteiger partial charge in [-0.25, -0.2) is 0 Å². The number of hydrogen-bond donors (Lipinski definition) is 5. The molecule has 0 aromatic rings. The van der Waals surface area contributed by atoms with E-state index >= 15 is 0 Å². The zero-order valence-corrected chi connectivity index (χ0v) is 13.4. The van der Waals surface area contributed by atoms with Crippen LogP contribution in [-0.2, 0) is 32.7 Å². The molecule has 0 amide bonds. The predicted octanol–water partition coefficient (Wildman–Crippen LogP) is -2.07. The molecule has 0 aromatic heterocycles. The molecule has 0 fully saturated rings. The quantitative estimate of drug-likeness (QED) is 0.188. The van der Waals surface area contributed by atoms with Gasteiger partial charge in [0.1, 0.15) is 0 Å². The number of aliphatic hydroxyl groups excluding tert-OH is 4. The van der Waals surface area contributed by atoms with E-state index in [1.165, 1.54) is 11.8 Å². The zero-order valence-electron chi connectivity index (χ0n) is 9.41. The summed E-state index contributed by atoms with van der Waals surface area (Å²) < 4.78 is 0. The molecule has 0 aliphatic rings. The minimum atomic E-state index is -0.868. The molecule has 3 unspecified atom stereocenters. The van der Waals surface area contributed by atoms with E-state index in [1.54, 1.807) is 0 Å². The first kappa shape index (κ1) is 20.5. The molecule has 107 valence electrons. The maximum absolute atomic E-state index is 9.45. The third-order valence-corrected chi connectivity index (χ3v) is 3.42. The number of rotatable bonds is 10. The third-order valence-electron chi connectivity index (χ3n) is 1.88. The summed E-state index contributed by atoms with van der Waals surface area (Å²) in [5.41, 5.74) is 0. The fourth-order valence-electron chi connectivity index (χ4n) is 0.954. The van der Waals surface area contributed by atoms with Crippen LogP contribution >= 0.6 is 11.8 Å². The van der Waals surface area contributed by atoms with Crippen molar-refractivity contribution in [3.63, 3.8) is 0 Å². The molecule has 1 radical (unpaired) electrons. The van der Waals surface area contributed by atoms with Gasteiger partial charge in [0.2, 0.25) is 0 Å². The standard InChI is InChI=1S/C9H21NO4S2.Ir/c11-2-1-10-3-7(12)5-16-6-9(14)8(13)4-15;/h7-15H,1-6H2;/p-1. The van der Waals surface area contributed by atoms with Crippen LogP contribution in [0.1, 0.15) is 0 Å². The molecule has 5 N–H and O–H groups in total. The predicted molar refractivity (Wildman–Crippen MR) is 67.5 cm³/mol. The summed E-state index contributed by atoms with van der Waals surface area (Å²) in [6.07, 6.45) is -2.23. The minimum absolute atomic E-state index is 0. The van der Waals surface area contributed by atoms with Gasteiger partial charge in [0.25, 0.3) is 0 Å². The Hall–Kier alpha value is 1.15. The number of hydrogen-bond acceptors (Lipinski definition) is 7. The summed E-state index contributed by atoms with van der Waals surface area (Å²) in [5, 5.41) is 39.4. The van der Waals surface area contributed by atoms with Crippen molar-refractivity contribution in [3.05, 3.63) is 0 Å². The Morgan fingerprint density at radius 1 is 1.12 bits per heavy atom. The van der Waals surface area contributed by atoms with Gasteiger partial charge < -0.3 is 38.4 Å². The molecule has 0 saturated carbocycles. The second-order valence-electron chi connectivity index (χ2n) is 3.42. The first-order chi connectivity index (χ1) is 7.61. The minimum Gasteiger partial charge on any atom is -0.790 e.